The Hall–Kier alpha value is -0.110. The molecule has 2 aliphatic rings. The van der Waals surface area contributed by atoms with Crippen LogP contribution in [0.15, 0.2) is 11.9 Å². The summed E-state index contributed by atoms with van der Waals surface area (Å²) in [6.07, 6.45) is 10.1. The molecule has 2 saturated carbocycles. The molecule has 0 aromatic carbocycles. The molecule has 2 rings (SSSR count). The maximum absolute atomic E-state index is 12.9. The smallest absolute Gasteiger partial charge is 0.261 e. The van der Waals surface area contributed by atoms with Gasteiger partial charge in [0, 0.05) is 11.0 Å². The number of allylic oxidation sites excluding steroid dienone is 1. The van der Waals surface area contributed by atoms with Gasteiger partial charge in [-0.3, -0.25) is 4.57 Å². The minimum Gasteiger partial charge on any atom is -0.285 e. The van der Waals surface area contributed by atoms with Gasteiger partial charge < -0.3 is 0 Å². The summed E-state index contributed by atoms with van der Waals surface area (Å²) < 4.78 is 18.4. The molecule has 2 aliphatic carbocycles. The highest BCUT2D eigenvalue weighted by atomic mass is 31.2. The molecule has 104 valence electrons. The van der Waals surface area contributed by atoms with E-state index in [1.54, 1.807) is 0 Å². The molecule has 0 bridgehead atoms. The maximum Gasteiger partial charge on any atom is 0.261 e. The third-order valence-corrected chi connectivity index (χ3v) is 7.03. The van der Waals surface area contributed by atoms with Crippen molar-refractivity contribution in [3.8, 4) is 0 Å². The summed E-state index contributed by atoms with van der Waals surface area (Å²) in [4.78, 5) is 5.50. The van der Waals surface area contributed by atoms with Gasteiger partial charge in [-0.1, -0.05) is 38.7 Å². The van der Waals surface area contributed by atoms with Gasteiger partial charge in [0.2, 0.25) is 0 Å². The van der Waals surface area contributed by atoms with Crippen LogP contribution >= 0.6 is 7.37 Å². The Balaban J connectivity index is 1.93. The molecular formula is C14H25O3P. The van der Waals surface area contributed by atoms with Crippen molar-refractivity contribution in [2.75, 3.05) is 0 Å². The van der Waals surface area contributed by atoms with Crippen LogP contribution in [0.3, 0.4) is 0 Å². The first-order chi connectivity index (χ1) is 8.63. The highest BCUT2D eigenvalue weighted by molar-refractivity contribution is 7.63. The van der Waals surface area contributed by atoms with Gasteiger partial charge in [0.15, 0.2) is 0 Å². The largest absolute Gasteiger partial charge is 0.285 e. The highest BCUT2D eigenvalue weighted by Gasteiger charge is 2.39. The Morgan fingerprint density at radius 2 is 1.61 bits per heavy atom. The number of hydrogen-bond donors (Lipinski definition) is 0. The van der Waals surface area contributed by atoms with Crippen molar-refractivity contribution in [3.63, 3.8) is 0 Å². The number of rotatable bonds is 5. The Morgan fingerprint density at radius 3 is 2.17 bits per heavy atom. The average Bonchev–Trinajstić information content (AvgIpc) is 2.91. The fourth-order valence-electron chi connectivity index (χ4n) is 2.97. The summed E-state index contributed by atoms with van der Waals surface area (Å²) in [6.45, 7) is 5.68. The fraction of sp³-hybridized carbons (Fsp3) is 0.857. The third-order valence-electron chi connectivity index (χ3n) is 4.18. The van der Waals surface area contributed by atoms with Crippen molar-refractivity contribution >= 4 is 7.37 Å². The quantitative estimate of drug-likeness (QED) is 0.400. The second-order valence-corrected chi connectivity index (χ2v) is 8.54. The molecule has 18 heavy (non-hydrogen) atoms. The number of hydrogen-bond acceptors (Lipinski definition) is 3. The summed E-state index contributed by atoms with van der Waals surface area (Å²) in [5.41, 5.74) is 0.138. The molecule has 0 radical (unpaired) electrons. The van der Waals surface area contributed by atoms with E-state index in [-0.39, 0.29) is 11.8 Å². The van der Waals surface area contributed by atoms with Crippen molar-refractivity contribution in [3.05, 3.63) is 11.9 Å². The third kappa shape index (κ3) is 3.26. The van der Waals surface area contributed by atoms with Gasteiger partial charge >= 0.3 is 0 Å². The molecule has 0 heterocycles. The molecule has 1 unspecified atom stereocenters. The van der Waals surface area contributed by atoms with Gasteiger partial charge in [0.25, 0.3) is 7.37 Å². The van der Waals surface area contributed by atoms with Crippen LogP contribution in [-0.2, 0) is 14.1 Å². The van der Waals surface area contributed by atoms with E-state index in [4.69, 9.17) is 9.56 Å². The summed E-state index contributed by atoms with van der Waals surface area (Å²) in [6, 6.07) is 0. The second kappa shape index (κ2) is 6.36. The van der Waals surface area contributed by atoms with Crippen molar-refractivity contribution in [1.82, 2.24) is 0 Å². The summed E-state index contributed by atoms with van der Waals surface area (Å²) in [5, 5.41) is 0.658. The predicted molar refractivity (Wildman–Crippen MR) is 73.7 cm³/mol. The lowest BCUT2D eigenvalue weighted by Gasteiger charge is -2.27. The van der Waals surface area contributed by atoms with Gasteiger partial charge in [-0.25, -0.2) is 4.89 Å². The van der Waals surface area contributed by atoms with Gasteiger partial charge in [-0.05, 0) is 32.6 Å². The van der Waals surface area contributed by atoms with E-state index in [9.17, 15) is 4.57 Å². The molecule has 0 saturated heterocycles. The fourth-order valence-corrected chi connectivity index (χ4v) is 5.13. The average molecular weight is 272 g/mol. The summed E-state index contributed by atoms with van der Waals surface area (Å²) in [7, 11) is -2.82. The van der Waals surface area contributed by atoms with E-state index in [0.717, 1.165) is 38.5 Å². The van der Waals surface area contributed by atoms with Gasteiger partial charge in [-0.2, -0.15) is 4.67 Å². The molecule has 3 nitrogen and oxygen atoms in total. The van der Waals surface area contributed by atoms with Gasteiger partial charge in [0.1, 0.15) is 0 Å². The Morgan fingerprint density at radius 1 is 1.06 bits per heavy atom. The highest BCUT2D eigenvalue weighted by Crippen LogP contribution is 2.63. The Labute approximate surface area is 110 Å². The maximum atomic E-state index is 12.9. The monoisotopic (exact) mass is 272 g/mol. The first-order valence-electron chi connectivity index (χ1n) is 7.24. The lowest BCUT2D eigenvalue weighted by Crippen LogP contribution is -2.18. The van der Waals surface area contributed by atoms with Crippen LogP contribution in [0.5, 0.6) is 0 Å². The molecular weight excluding hydrogens is 247 g/mol. The lowest BCUT2D eigenvalue weighted by atomic mass is 9.98. The standard InChI is InChI=1S/C14H25O3P/c1-12(2)18(15,14-10-6-7-11-14)17-16-13-8-4-3-5-9-13/h13-14H,1,3-11H2,2H3. The molecule has 0 N–H and O–H groups in total. The van der Waals surface area contributed by atoms with Crippen molar-refractivity contribution in [2.24, 2.45) is 0 Å². The van der Waals surface area contributed by atoms with Crippen LogP contribution in [0.2, 0.25) is 0 Å². The molecule has 1 atom stereocenters. The second-order valence-electron chi connectivity index (χ2n) is 5.70. The van der Waals surface area contributed by atoms with Crippen LogP contribution in [0.1, 0.15) is 64.7 Å². The molecule has 4 heteroatoms. The molecule has 0 amide bonds. The predicted octanol–water partition coefficient (Wildman–Crippen LogP) is 5.02. The van der Waals surface area contributed by atoms with E-state index >= 15 is 0 Å². The van der Waals surface area contributed by atoms with Gasteiger partial charge in [-0.15, -0.1) is 0 Å². The van der Waals surface area contributed by atoms with Crippen molar-refractivity contribution in [1.29, 1.82) is 0 Å². The Bertz CT molecular complexity index is 328. The van der Waals surface area contributed by atoms with E-state index in [2.05, 4.69) is 6.58 Å². The molecule has 0 aromatic rings. The van der Waals surface area contributed by atoms with Crippen LogP contribution < -0.4 is 0 Å². The summed E-state index contributed by atoms with van der Waals surface area (Å²) >= 11 is 0. The topological polar surface area (TPSA) is 35.5 Å². The molecule has 0 aliphatic heterocycles. The summed E-state index contributed by atoms with van der Waals surface area (Å²) in [5.74, 6) is 0. The molecule has 0 aromatic heterocycles. The Kier molecular flexibility index (Phi) is 5.06. The van der Waals surface area contributed by atoms with Crippen LogP contribution in [0, 0.1) is 0 Å². The zero-order valence-electron chi connectivity index (χ0n) is 11.4. The van der Waals surface area contributed by atoms with Gasteiger partial charge in [0.05, 0.1) is 6.10 Å². The zero-order valence-corrected chi connectivity index (χ0v) is 12.3. The van der Waals surface area contributed by atoms with E-state index in [1.165, 1.54) is 19.3 Å². The van der Waals surface area contributed by atoms with Crippen LogP contribution in [0.25, 0.3) is 0 Å². The van der Waals surface area contributed by atoms with Crippen molar-refractivity contribution in [2.45, 2.75) is 76.5 Å². The SMILES string of the molecule is C=C(C)P(=O)(OOC1CCCCC1)C1CCCC1. The first-order valence-corrected chi connectivity index (χ1v) is 8.93. The normalized spacial score (nSPS) is 26.1. The van der Waals surface area contributed by atoms with E-state index in [1.807, 2.05) is 6.92 Å². The first kappa shape index (κ1) is 14.3. The van der Waals surface area contributed by atoms with E-state index in [0.29, 0.717) is 5.31 Å². The van der Waals surface area contributed by atoms with Crippen molar-refractivity contribution < 1.29 is 14.1 Å². The van der Waals surface area contributed by atoms with Crippen LogP contribution in [-0.4, -0.2) is 11.8 Å². The molecule has 0 spiro atoms. The minimum atomic E-state index is -2.82. The minimum absolute atomic E-state index is 0.132. The zero-order chi connectivity index (χ0) is 13.0. The van der Waals surface area contributed by atoms with E-state index < -0.39 is 7.37 Å². The molecule has 2 fully saturated rings. The van der Waals surface area contributed by atoms with Crippen LogP contribution in [0.4, 0.5) is 0 Å². The lowest BCUT2D eigenvalue weighted by molar-refractivity contribution is -0.250.